The molecule has 4 nitrogen and oxygen atoms in total. The summed E-state index contributed by atoms with van der Waals surface area (Å²) in [6, 6.07) is 3.03. The molecular formula is C15H18FNO3. The van der Waals surface area contributed by atoms with E-state index in [9.17, 15) is 19.1 Å². The molecule has 1 saturated heterocycles. The Balaban J connectivity index is 2.24. The number of likely N-dealkylation sites (tertiary alicyclic amines) is 1. The van der Waals surface area contributed by atoms with E-state index in [1.807, 2.05) is 0 Å². The normalized spacial score (nSPS) is 22.1. The maximum atomic E-state index is 13.6. The topological polar surface area (TPSA) is 57.6 Å². The Morgan fingerprint density at radius 2 is 1.85 bits per heavy atom. The summed E-state index contributed by atoms with van der Waals surface area (Å²) < 4.78 is 13.6. The molecule has 1 unspecified atom stereocenters. The van der Waals surface area contributed by atoms with E-state index in [0.29, 0.717) is 29.7 Å². The highest BCUT2D eigenvalue weighted by atomic mass is 19.1. The Kier molecular flexibility index (Phi) is 3.54. The van der Waals surface area contributed by atoms with Gasteiger partial charge in [-0.1, -0.05) is 0 Å². The van der Waals surface area contributed by atoms with Crippen molar-refractivity contribution in [3.63, 3.8) is 0 Å². The fraction of sp³-hybridized carbons (Fsp3) is 0.467. The number of carbonyl (C=O) groups is 2. The van der Waals surface area contributed by atoms with Crippen LogP contribution in [0.4, 0.5) is 4.39 Å². The monoisotopic (exact) mass is 279 g/mol. The SMILES string of the molecule is Cc1cc(C(=O)N2CCC(C)(C(=O)O)C2)cc(C)c1F. The molecule has 108 valence electrons. The minimum atomic E-state index is -0.890. The molecule has 20 heavy (non-hydrogen) atoms. The highest BCUT2D eigenvalue weighted by molar-refractivity contribution is 5.95. The smallest absolute Gasteiger partial charge is 0.311 e. The van der Waals surface area contributed by atoms with Gasteiger partial charge in [-0.05, 0) is 50.5 Å². The Hall–Kier alpha value is -1.91. The summed E-state index contributed by atoms with van der Waals surface area (Å²) in [5.41, 5.74) is 0.373. The van der Waals surface area contributed by atoms with Crippen LogP contribution in [0.15, 0.2) is 12.1 Å². The minimum Gasteiger partial charge on any atom is -0.481 e. The molecule has 1 fully saturated rings. The lowest BCUT2D eigenvalue weighted by Crippen LogP contribution is -2.35. The number of hydrogen-bond donors (Lipinski definition) is 1. The predicted octanol–water partition coefficient (Wildman–Crippen LogP) is 2.38. The molecule has 0 aromatic heterocycles. The van der Waals surface area contributed by atoms with Crippen LogP contribution >= 0.6 is 0 Å². The first-order valence-electron chi connectivity index (χ1n) is 6.54. The summed E-state index contributed by atoms with van der Waals surface area (Å²) in [4.78, 5) is 25.1. The number of aryl methyl sites for hydroxylation is 2. The van der Waals surface area contributed by atoms with Gasteiger partial charge in [-0.3, -0.25) is 9.59 Å². The van der Waals surface area contributed by atoms with Crippen molar-refractivity contribution >= 4 is 11.9 Å². The number of carbonyl (C=O) groups excluding carboxylic acids is 1. The number of halogens is 1. The molecule has 0 aliphatic carbocycles. The second kappa shape index (κ2) is 4.89. The summed E-state index contributed by atoms with van der Waals surface area (Å²) >= 11 is 0. The Bertz CT molecular complexity index is 561. The zero-order chi connectivity index (χ0) is 15.1. The molecule has 2 rings (SSSR count). The van der Waals surface area contributed by atoms with Crippen LogP contribution in [0, 0.1) is 25.1 Å². The standard InChI is InChI=1S/C15H18FNO3/c1-9-6-11(7-10(2)12(9)16)13(18)17-5-4-15(3,8-17)14(19)20/h6-7H,4-5,8H2,1-3H3,(H,19,20). The Morgan fingerprint density at radius 3 is 2.30 bits per heavy atom. The molecule has 1 aromatic carbocycles. The van der Waals surface area contributed by atoms with Crippen LogP contribution in [-0.2, 0) is 4.79 Å². The van der Waals surface area contributed by atoms with Gasteiger partial charge in [-0.15, -0.1) is 0 Å². The van der Waals surface area contributed by atoms with E-state index in [1.54, 1.807) is 20.8 Å². The summed E-state index contributed by atoms with van der Waals surface area (Å²) in [6.45, 7) is 5.48. The summed E-state index contributed by atoms with van der Waals surface area (Å²) in [6.07, 6.45) is 0.438. The number of carboxylic acids is 1. The van der Waals surface area contributed by atoms with Crippen LogP contribution in [0.5, 0.6) is 0 Å². The number of benzene rings is 1. The second-order valence-corrected chi connectivity index (χ2v) is 5.77. The zero-order valence-electron chi connectivity index (χ0n) is 11.9. The molecule has 0 saturated carbocycles. The van der Waals surface area contributed by atoms with Gasteiger partial charge < -0.3 is 10.0 Å². The molecule has 1 amide bonds. The van der Waals surface area contributed by atoms with Crippen LogP contribution in [0.25, 0.3) is 0 Å². The lowest BCUT2D eigenvalue weighted by molar-refractivity contribution is -0.147. The van der Waals surface area contributed by atoms with Gasteiger partial charge in [0.2, 0.25) is 0 Å². The number of carboxylic acid groups (broad SMARTS) is 1. The van der Waals surface area contributed by atoms with Crippen molar-refractivity contribution in [2.45, 2.75) is 27.2 Å². The van der Waals surface area contributed by atoms with Crippen molar-refractivity contribution in [1.82, 2.24) is 4.90 Å². The zero-order valence-corrected chi connectivity index (χ0v) is 11.9. The van der Waals surface area contributed by atoms with Crippen molar-refractivity contribution in [1.29, 1.82) is 0 Å². The van der Waals surface area contributed by atoms with Crippen LogP contribution in [-0.4, -0.2) is 35.0 Å². The molecule has 1 aromatic rings. The van der Waals surface area contributed by atoms with E-state index in [4.69, 9.17) is 0 Å². The van der Waals surface area contributed by atoms with E-state index < -0.39 is 11.4 Å². The quantitative estimate of drug-likeness (QED) is 0.904. The van der Waals surface area contributed by atoms with Gasteiger partial charge in [0.15, 0.2) is 0 Å². The van der Waals surface area contributed by atoms with Gasteiger partial charge in [0.25, 0.3) is 5.91 Å². The maximum Gasteiger partial charge on any atom is 0.311 e. The summed E-state index contributed by atoms with van der Waals surface area (Å²) in [5.74, 6) is -1.43. The molecule has 1 N–H and O–H groups in total. The fourth-order valence-electron chi connectivity index (χ4n) is 2.56. The third-order valence-electron chi connectivity index (χ3n) is 3.96. The van der Waals surface area contributed by atoms with Gasteiger partial charge in [0.1, 0.15) is 5.82 Å². The van der Waals surface area contributed by atoms with E-state index in [0.717, 1.165) is 0 Å². The first kappa shape index (κ1) is 14.5. The Labute approximate surface area is 117 Å². The molecule has 0 radical (unpaired) electrons. The van der Waals surface area contributed by atoms with Crippen LogP contribution in [0.3, 0.4) is 0 Å². The van der Waals surface area contributed by atoms with Crippen molar-refractivity contribution in [2.75, 3.05) is 13.1 Å². The molecule has 0 bridgehead atoms. The predicted molar refractivity (Wildman–Crippen MR) is 72.1 cm³/mol. The number of rotatable bonds is 2. The number of amides is 1. The van der Waals surface area contributed by atoms with Crippen LogP contribution in [0.2, 0.25) is 0 Å². The average Bonchev–Trinajstić information content (AvgIpc) is 2.78. The van der Waals surface area contributed by atoms with Gasteiger partial charge in [0, 0.05) is 18.7 Å². The van der Waals surface area contributed by atoms with Crippen molar-refractivity contribution < 1.29 is 19.1 Å². The molecule has 0 spiro atoms. The molecular weight excluding hydrogens is 261 g/mol. The first-order chi connectivity index (χ1) is 9.24. The molecule has 1 aliphatic rings. The number of aliphatic carboxylic acids is 1. The maximum absolute atomic E-state index is 13.6. The van der Waals surface area contributed by atoms with Crippen molar-refractivity contribution in [3.8, 4) is 0 Å². The molecule has 1 atom stereocenters. The summed E-state index contributed by atoms with van der Waals surface area (Å²) in [5, 5.41) is 9.18. The van der Waals surface area contributed by atoms with E-state index in [2.05, 4.69) is 0 Å². The number of nitrogens with zero attached hydrogens (tertiary/aromatic N) is 1. The van der Waals surface area contributed by atoms with E-state index in [1.165, 1.54) is 17.0 Å². The lowest BCUT2D eigenvalue weighted by atomic mass is 9.90. The van der Waals surface area contributed by atoms with Crippen molar-refractivity contribution in [3.05, 3.63) is 34.6 Å². The second-order valence-electron chi connectivity index (χ2n) is 5.77. The van der Waals surface area contributed by atoms with Crippen LogP contribution in [0.1, 0.15) is 34.8 Å². The van der Waals surface area contributed by atoms with Crippen LogP contribution < -0.4 is 0 Å². The lowest BCUT2D eigenvalue weighted by Gasteiger charge is -2.20. The largest absolute Gasteiger partial charge is 0.481 e. The minimum absolute atomic E-state index is 0.191. The highest BCUT2D eigenvalue weighted by Crippen LogP contribution is 2.31. The van der Waals surface area contributed by atoms with E-state index in [-0.39, 0.29) is 18.3 Å². The van der Waals surface area contributed by atoms with Crippen molar-refractivity contribution in [2.24, 2.45) is 5.41 Å². The highest BCUT2D eigenvalue weighted by Gasteiger charge is 2.42. The van der Waals surface area contributed by atoms with Gasteiger partial charge in [-0.25, -0.2) is 4.39 Å². The van der Waals surface area contributed by atoms with Gasteiger partial charge >= 0.3 is 5.97 Å². The Morgan fingerprint density at radius 1 is 1.30 bits per heavy atom. The molecule has 1 heterocycles. The van der Waals surface area contributed by atoms with Gasteiger partial charge in [0.05, 0.1) is 5.41 Å². The molecule has 1 aliphatic heterocycles. The first-order valence-corrected chi connectivity index (χ1v) is 6.54. The average molecular weight is 279 g/mol. The third kappa shape index (κ3) is 2.40. The van der Waals surface area contributed by atoms with Gasteiger partial charge in [-0.2, -0.15) is 0 Å². The summed E-state index contributed by atoms with van der Waals surface area (Å²) in [7, 11) is 0. The third-order valence-corrected chi connectivity index (χ3v) is 3.96. The van der Waals surface area contributed by atoms with E-state index >= 15 is 0 Å². The number of hydrogen-bond acceptors (Lipinski definition) is 2. The fourth-order valence-corrected chi connectivity index (χ4v) is 2.56. The molecule has 5 heteroatoms.